The van der Waals surface area contributed by atoms with Gasteiger partial charge in [0.25, 0.3) is 0 Å². The molecule has 172 valence electrons. The monoisotopic (exact) mass is 438 g/mol. The van der Waals surface area contributed by atoms with Crippen LogP contribution in [0, 0.1) is 20.8 Å². The zero-order chi connectivity index (χ0) is 24.3. The van der Waals surface area contributed by atoms with Crippen molar-refractivity contribution in [3.05, 3.63) is 107 Å². The van der Waals surface area contributed by atoms with Crippen molar-refractivity contribution >= 4 is 11.4 Å². The minimum Gasteiger partial charge on any atom is -0.365 e. The van der Waals surface area contributed by atoms with Gasteiger partial charge < -0.3 is 10.2 Å². The first-order valence-corrected chi connectivity index (χ1v) is 12.0. The molecule has 2 aliphatic rings. The van der Waals surface area contributed by atoms with Crippen LogP contribution >= 0.6 is 0 Å². The maximum atomic E-state index is 3.73. The summed E-state index contributed by atoms with van der Waals surface area (Å²) in [4.78, 5) is 2.51. The van der Waals surface area contributed by atoms with Crippen molar-refractivity contribution in [2.75, 3.05) is 4.90 Å². The molecule has 0 amide bonds. The van der Waals surface area contributed by atoms with Crippen LogP contribution in [0.2, 0.25) is 0 Å². The van der Waals surface area contributed by atoms with Gasteiger partial charge in [0.1, 0.15) is 6.17 Å². The Morgan fingerprint density at radius 2 is 1.48 bits per heavy atom. The van der Waals surface area contributed by atoms with Gasteiger partial charge in [0.2, 0.25) is 0 Å². The molecule has 0 aromatic heterocycles. The van der Waals surface area contributed by atoms with E-state index in [2.05, 4.69) is 119 Å². The summed E-state index contributed by atoms with van der Waals surface area (Å²) in [5.41, 5.74) is 13.3. The molecule has 0 aliphatic carbocycles. The van der Waals surface area contributed by atoms with Gasteiger partial charge in [0.05, 0.1) is 11.4 Å². The summed E-state index contributed by atoms with van der Waals surface area (Å²) in [6, 6.07) is 20.2. The highest BCUT2D eigenvalue weighted by molar-refractivity contribution is 5.95. The molecule has 2 nitrogen and oxygen atoms in total. The number of hydrogen-bond donors (Lipinski definition) is 1. The van der Waals surface area contributed by atoms with Crippen LogP contribution in [0.5, 0.6) is 0 Å². The first-order valence-electron chi connectivity index (χ1n) is 12.0. The number of rotatable bonds is 2. The van der Waals surface area contributed by atoms with E-state index < -0.39 is 0 Å². The van der Waals surface area contributed by atoms with Crippen LogP contribution in [-0.2, 0) is 0 Å². The summed E-state index contributed by atoms with van der Waals surface area (Å²) >= 11 is 0. The average molecular weight is 439 g/mol. The molecule has 0 saturated carbocycles. The van der Waals surface area contributed by atoms with Crippen molar-refractivity contribution in [3.8, 4) is 11.1 Å². The second-order valence-electron chi connectivity index (χ2n) is 8.72. The van der Waals surface area contributed by atoms with E-state index in [1.807, 2.05) is 13.8 Å². The Morgan fingerprint density at radius 1 is 0.848 bits per heavy atom. The zero-order valence-electron chi connectivity index (χ0n) is 21.3. The smallest absolute Gasteiger partial charge is 0.131 e. The number of aryl methyl sites for hydroxylation is 3. The highest BCUT2D eigenvalue weighted by atomic mass is 15.3. The quantitative estimate of drug-likeness (QED) is 0.403. The van der Waals surface area contributed by atoms with Crippen molar-refractivity contribution in [3.63, 3.8) is 0 Å². The minimum atomic E-state index is 0.132. The molecule has 5 rings (SSSR count). The molecule has 1 unspecified atom stereocenters. The SMILES string of the molecule is C=C.CC.Cc1ccc2c(c1)-c1cccc(C(C)C)c1C1NC=C(c3c(C)cccc3C)N21. The molecule has 2 aliphatic heterocycles. The lowest BCUT2D eigenvalue weighted by atomic mass is 9.84. The van der Waals surface area contributed by atoms with E-state index in [4.69, 9.17) is 0 Å². The molecule has 0 spiro atoms. The third-order valence-electron chi connectivity index (χ3n) is 6.37. The van der Waals surface area contributed by atoms with E-state index in [0.29, 0.717) is 5.92 Å². The van der Waals surface area contributed by atoms with Gasteiger partial charge in [-0.25, -0.2) is 0 Å². The highest BCUT2D eigenvalue weighted by Gasteiger charge is 2.38. The Labute approximate surface area is 200 Å². The zero-order valence-corrected chi connectivity index (χ0v) is 21.3. The molecule has 1 N–H and O–H groups in total. The fourth-order valence-electron chi connectivity index (χ4n) is 5.04. The van der Waals surface area contributed by atoms with Crippen molar-refractivity contribution in [2.24, 2.45) is 0 Å². The fraction of sp³-hybridized carbons (Fsp3) is 0.290. The lowest BCUT2D eigenvalue weighted by Gasteiger charge is -2.39. The predicted octanol–water partition coefficient (Wildman–Crippen LogP) is 8.65. The Hall–Kier alpha value is -3.26. The molecule has 2 heterocycles. The average Bonchev–Trinajstić information content (AvgIpc) is 3.26. The van der Waals surface area contributed by atoms with Crippen LogP contribution in [-0.4, -0.2) is 0 Å². The van der Waals surface area contributed by atoms with Gasteiger partial charge in [-0.3, -0.25) is 0 Å². The summed E-state index contributed by atoms with van der Waals surface area (Å²) in [5.74, 6) is 0.476. The number of nitrogens with one attached hydrogen (secondary N) is 1. The van der Waals surface area contributed by atoms with E-state index in [9.17, 15) is 0 Å². The molecule has 0 fully saturated rings. The van der Waals surface area contributed by atoms with Crippen LogP contribution in [0.4, 0.5) is 5.69 Å². The normalized spacial score (nSPS) is 15.1. The van der Waals surface area contributed by atoms with E-state index in [1.54, 1.807) is 0 Å². The molecule has 3 aromatic carbocycles. The molecular weight excluding hydrogens is 400 g/mol. The molecule has 2 heteroatoms. The predicted molar refractivity (Wildman–Crippen MR) is 146 cm³/mol. The van der Waals surface area contributed by atoms with Gasteiger partial charge in [-0.2, -0.15) is 0 Å². The molecule has 1 atom stereocenters. The Bertz CT molecular complexity index is 1150. The van der Waals surface area contributed by atoms with Crippen LogP contribution < -0.4 is 10.2 Å². The van der Waals surface area contributed by atoms with Crippen LogP contribution in [0.15, 0.2) is 74.0 Å². The molecule has 0 saturated heterocycles. The van der Waals surface area contributed by atoms with E-state index in [1.165, 1.54) is 55.9 Å². The van der Waals surface area contributed by atoms with E-state index >= 15 is 0 Å². The largest absolute Gasteiger partial charge is 0.365 e. The van der Waals surface area contributed by atoms with Gasteiger partial charge in [0.15, 0.2) is 0 Å². The Balaban J connectivity index is 0.000000728. The number of benzene rings is 3. The maximum absolute atomic E-state index is 3.73. The second-order valence-corrected chi connectivity index (χ2v) is 8.72. The third kappa shape index (κ3) is 4.11. The van der Waals surface area contributed by atoms with Gasteiger partial charge in [-0.15, -0.1) is 13.2 Å². The van der Waals surface area contributed by atoms with E-state index in [0.717, 1.165) is 0 Å². The van der Waals surface area contributed by atoms with Crippen molar-refractivity contribution in [1.82, 2.24) is 5.32 Å². The Kier molecular flexibility index (Phi) is 7.48. The molecular formula is C31H38N2. The lowest BCUT2D eigenvalue weighted by molar-refractivity contribution is 0.649. The summed E-state index contributed by atoms with van der Waals surface area (Å²) in [6.07, 6.45) is 2.35. The van der Waals surface area contributed by atoms with Gasteiger partial charge in [-0.05, 0) is 61.1 Å². The van der Waals surface area contributed by atoms with Crippen molar-refractivity contribution in [2.45, 2.75) is 60.5 Å². The van der Waals surface area contributed by atoms with Gasteiger partial charge in [-0.1, -0.05) is 75.7 Å². The lowest BCUT2D eigenvalue weighted by Crippen LogP contribution is -2.33. The maximum Gasteiger partial charge on any atom is 0.131 e. The van der Waals surface area contributed by atoms with Gasteiger partial charge in [0, 0.05) is 22.9 Å². The summed E-state index contributed by atoms with van der Waals surface area (Å²) < 4.78 is 0. The van der Waals surface area contributed by atoms with E-state index in [-0.39, 0.29) is 6.17 Å². The first-order chi connectivity index (χ1) is 16.0. The van der Waals surface area contributed by atoms with Crippen LogP contribution in [0.3, 0.4) is 0 Å². The van der Waals surface area contributed by atoms with Crippen LogP contribution in [0.25, 0.3) is 16.8 Å². The molecule has 0 radical (unpaired) electrons. The van der Waals surface area contributed by atoms with Crippen molar-refractivity contribution < 1.29 is 0 Å². The topological polar surface area (TPSA) is 15.3 Å². The van der Waals surface area contributed by atoms with Gasteiger partial charge >= 0.3 is 0 Å². The standard InChI is InChI=1S/C27H28N2.C2H6.C2H4/c1-16(2)20-10-7-11-21-22-14-17(3)12-13-23(22)29-24(15-28-27(29)26(20)21)25-18(4)8-6-9-19(25)5;2*1-2/h6-16,27-28H,1-5H3;1-2H3;1-2H2. The van der Waals surface area contributed by atoms with Crippen LogP contribution in [0.1, 0.15) is 73.2 Å². The molecule has 33 heavy (non-hydrogen) atoms. The summed E-state index contributed by atoms with van der Waals surface area (Å²) in [5, 5.41) is 3.73. The number of nitrogens with zero attached hydrogens (tertiary/aromatic N) is 1. The number of hydrogen-bond acceptors (Lipinski definition) is 2. The number of anilines is 1. The number of fused-ring (bicyclic) bond motifs is 6. The summed E-state index contributed by atoms with van der Waals surface area (Å²) in [6.45, 7) is 21.2. The Morgan fingerprint density at radius 3 is 2.12 bits per heavy atom. The van der Waals surface area contributed by atoms with Crippen molar-refractivity contribution in [1.29, 1.82) is 0 Å². The first kappa shape index (κ1) is 24.4. The molecule has 3 aromatic rings. The second kappa shape index (κ2) is 10.1. The minimum absolute atomic E-state index is 0.132. The summed E-state index contributed by atoms with van der Waals surface area (Å²) in [7, 11) is 0. The molecule has 0 bridgehead atoms. The highest BCUT2D eigenvalue weighted by Crippen LogP contribution is 2.51. The fourth-order valence-corrected chi connectivity index (χ4v) is 5.04. The third-order valence-corrected chi connectivity index (χ3v) is 6.37.